The molecule has 1 aromatic heterocycles. The molecule has 1 atom stereocenters. The fraction of sp³-hybridized carbons (Fsp3) is 0.179. The summed E-state index contributed by atoms with van der Waals surface area (Å²) >= 11 is 3.67. The molecule has 0 aliphatic carbocycles. The van der Waals surface area contributed by atoms with Crippen molar-refractivity contribution in [2.45, 2.75) is 26.5 Å². The van der Waals surface area contributed by atoms with Crippen molar-refractivity contribution in [3.63, 3.8) is 0 Å². The van der Waals surface area contributed by atoms with Crippen LogP contribution in [-0.4, -0.2) is 27.8 Å². The van der Waals surface area contributed by atoms with Crippen LogP contribution in [0.4, 0.5) is 11.6 Å². The van der Waals surface area contributed by atoms with Gasteiger partial charge in [0.2, 0.25) is 5.95 Å². The molecule has 2 N–H and O–H groups in total. The van der Waals surface area contributed by atoms with Gasteiger partial charge in [-0.1, -0.05) is 48.0 Å². The van der Waals surface area contributed by atoms with Crippen LogP contribution in [0.1, 0.15) is 29.7 Å². The molecule has 1 aliphatic heterocycles. The summed E-state index contributed by atoms with van der Waals surface area (Å²) in [5, 5.41) is 10.6. The highest BCUT2D eigenvalue weighted by Gasteiger charge is 2.34. The molecule has 0 saturated heterocycles. The summed E-state index contributed by atoms with van der Waals surface area (Å²) in [6.07, 6.45) is 1.46. The van der Waals surface area contributed by atoms with Gasteiger partial charge in [-0.2, -0.15) is 10.1 Å². The Labute approximate surface area is 223 Å². The first-order chi connectivity index (χ1) is 17.9. The smallest absolute Gasteiger partial charge is 0.255 e. The number of rotatable bonds is 7. The van der Waals surface area contributed by atoms with E-state index in [1.54, 1.807) is 11.8 Å². The number of hydrogen-bond donors (Lipinski definition) is 2. The molecule has 37 heavy (non-hydrogen) atoms. The molecule has 1 aliphatic rings. The lowest BCUT2D eigenvalue weighted by molar-refractivity contribution is -0.113. The van der Waals surface area contributed by atoms with Crippen LogP contribution in [0.25, 0.3) is 0 Å². The number of carbonyl (C=O) groups excluding carboxylic acids is 1. The zero-order valence-corrected chi connectivity index (χ0v) is 22.2. The molecule has 0 spiro atoms. The number of nitrogens with zero attached hydrogens (tertiary/aromatic N) is 3. The van der Waals surface area contributed by atoms with E-state index in [1.165, 1.54) is 11.9 Å². The first kappa shape index (κ1) is 24.6. The van der Waals surface area contributed by atoms with Crippen LogP contribution >= 0.6 is 15.9 Å². The van der Waals surface area contributed by atoms with Crippen molar-refractivity contribution in [2.75, 3.05) is 17.7 Å². The van der Waals surface area contributed by atoms with Gasteiger partial charge in [0.25, 0.3) is 5.91 Å². The number of ether oxygens (including phenoxy) is 2. The SMILES string of the molecule is COc1cc(C2C(C(=O)Nc3ccccc3)=C(C)Nc3ncnn32)cc(Br)c1OCc1cccc(C)c1. The Morgan fingerprint density at radius 1 is 1.11 bits per heavy atom. The quantitative estimate of drug-likeness (QED) is 0.294. The predicted molar refractivity (Wildman–Crippen MR) is 146 cm³/mol. The number of anilines is 2. The minimum absolute atomic E-state index is 0.239. The molecule has 1 amide bonds. The van der Waals surface area contributed by atoms with Crippen LogP contribution in [-0.2, 0) is 11.4 Å². The molecule has 8 nitrogen and oxygen atoms in total. The largest absolute Gasteiger partial charge is 0.493 e. The van der Waals surface area contributed by atoms with Crippen molar-refractivity contribution in [2.24, 2.45) is 0 Å². The van der Waals surface area contributed by atoms with Gasteiger partial charge in [0.1, 0.15) is 19.0 Å². The van der Waals surface area contributed by atoms with Crippen LogP contribution in [0.15, 0.2) is 88.8 Å². The van der Waals surface area contributed by atoms with Gasteiger partial charge in [-0.15, -0.1) is 0 Å². The Morgan fingerprint density at radius 2 is 1.92 bits per heavy atom. The Hall–Kier alpha value is -4.11. The van der Waals surface area contributed by atoms with Crippen molar-refractivity contribution in [1.29, 1.82) is 0 Å². The van der Waals surface area contributed by atoms with E-state index in [1.807, 2.05) is 74.5 Å². The summed E-state index contributed by atoms with van der Waals surface area (Å²) in [5.74, 6) is 1.43. The second-order valence-electron chi connectivity index (χ2n) is 8.73. The van der Waals surface area contributed by atoms with Crippen molar-refractivity contribution < 1.29 is 14.3 Å². The number of aryl methyl sites for hydroxylation is 1. The maximum atomic E-state index is 13.5. The highest BCUT2D eigenvalue weighted by Crippen LogP contribution is 2.43. The van der Waals surface area contributed by atoms with Gasteiger partial charge in [-0.3, -0.25) is 4.79 Å². The Balaban J connectivity index is 1.52. The third kappa shape index (κ3) is 5.08. The normalized spacial score (nSPS) is 14.5. The highest BCUT2D eigenvalue weighted by atomic mass is 79.9. The van der Waals surface area contributed by atoms with Gasteiger partial charge >= 0.3 is 0 Å². The average molecular weight is 560 g/mol. The lowest BCUT2D eigenvalue weighted by Crippen LogP contribution is -2.31. The third-order valence-corrected chi connectivity index (χ3v) is 6.69. The summed E-state index contributed by atoms with van der Waals surface area (Å²) in [7, 11) is 1.60. The molecule has 3 aromatic carbocycles. The van der Waals surface area contributed by atoms with Crippen molar-refractivity contribution >= 4 is 33.5 Å². The van der Waals surface area contributed by atoms with E-state index in [0.717, 1.165) is 11.1 Å². The van der Waals surface area contributed by atoms with Crippen molar-refractivity contribution in [3.8, 4) is 11.5 Å². The molecule has 1 unspecified atom stereocenters. The first-order valence-electron chi connectivity index (χ1n) is 11.7. The summed E-state index contributed by atoms with van der Waals surface area (Å²) in [6.45, 7) is 4.30. The van der Waals surface area contributed by atoms with Crippen molar-refractivity contribution in [1.82, 2.24) is 14.8 Å². The fourth-order valence-electron chi connectivity index (χ4n) is 4.41. The standard InChI is InChI=1S/C28H26BrN5O3/c1-17-8-7-9-19(12-17)15-37-26-22(29)13-20(14-23(26)36-3)25-24(18(2)32-28-30-16-31-34(25)28)27(35)33-21-10-5-4-6-11-21/h4-14,16,25H,15H2,1-3H3,(H,33,35)(H,30,31,32). The lowest BCUT2D eigenvalue weighted by Gasteiger charge is -2.29. The second-order valence-corrected chi connectivity index (χ2v) is 9.58. The number of methoxy groups -OCH3 is 1. The minimum atomic E-state index is -0.543. The van der Waals surface area contributed by atoms with Crippen LogP contribution < -0.4 is 20.1 Å². The second kappa shape index (κ2) is 10.5. The van der Waals surface area contributed by atoms with Crippen LogP contribution in [0.2, 0.25) is 0 Å². The molecule has 0 fully saturated rings. The predicted octanol–water partition coefficient (Wildman–Crippen LogP) is 5.86. The van der Waals surface area contributed by atoms with E-state index in [0.29, 0.717) is 45.5 Å². The monoisotopic (exact) mass is 559 g/mol. The first-order valence-corrected chi connectivity index (χ1v) is 12.5. The van der Waals surface area contributed by atoms with Gasteiger partial charge < -0.3 is 20.1 Å². The molecule has 0 saturated carbocycles. The molecule has 2 heterocycles. The number of halogens is 1. The van der Waals surface area contributed by atoms with E-state index >= 15 is 0 Å². The Kier molecular flexibility index (Phi) is 6.96. The number of allylic oxidation sites excluding steroid dienone is 1. The zero-order valence-electron chi connectivity index (χ0n) is 20.7. The molecule has 0 radical (unpaired) electrons. The maximum Gasteiger partial charge on any atom is 0.255 e. The number of nitrogens with one attached hydrogen (secondary N) is 2. The summed E-state index contributed by atoms with van der Waals surface area (Å²) < 4.78 is 14.3. The van der Waals surface area contributed by atoms with Gasteiger partial charge in [0.05, 0.1) is 17.2 Å². The zero-order chi connectivity index (χ0) is 25.9. The van der Waals surface area contributed by atoms with Crippen LogP contribution in [0, 0.1) is 6.92 Å². The fourth-order valence-corrected chi connectivity index (χ4v) is 4.98. The molecular formula is C28H26BrN5O3. The van der Waals surface area contributed by atoms with Crippen molar-refractivity contribution in [3.05, 3.63) is 105 Å². The Morgan fingerprint density at radius 3 is 2.68 bits per heavy atom. The average Bonchev–Trinajstić information content (AvgIpc) is 3.35. The highest BCUT2D eigenvalue weighted by molar-refractivity contribution is 9.10. The molecular weight excluding hydrogens is 534 g/mol. The number of para-hydroxylation sites is 1. The van der Waals surface area contributed by atoms with E-state index in [4.69, 9.17) is 9.47 Å². The van der Waals surface area contributed by atoms with E-state index in [9.17, 15) is 4.79 Å². The summed E-state index contributed by atoms with van der Waals surface area (Å²) in [6, 6.07) is 20.8. The van der Waals surface area contributed by atoms with E-state index in [2.05, 4.69) is 42.7 Å². The van der Waals surface area contributed by atoms with Gasteiger partial charge in [-0.05, 0) is 65.2 Å². The minimum Gasteiger partial charge on any atom is -0.493 e. The Bertz CT molecular complexity index is 1480. The number of amides is 1. The van der Waals surface area contributed by atoms with Gasteiger partial charge in [0.15, 0.2) is 11.5 Å². The summed E-state index contributed by atoms with van der Waals surface area (Å²) in [5.41, 5.74) is 4.92. The van der Waals surface area contributed by atoms with Crippen LogP contribution in [0.3, 0.4) is 0 Å². The molecule has 9 heteroatoms. The maximum absolute atomic E-state index is 13.5. The van der Waals surface area contributed by atoms with Crippen LogP contribution in [0.5, 0.6) is 11.5 Å². The van der Waals surface area contributed by atoms with E-state index < -0.39 is 6.04 Å². The topological polar surface area (TPSA) is 90.3 Å². The van der Waals surface area contributed by atoms with Gasteiger partial charge in [-0.25, -0.2) is 4.68 Å². The number of fused-ring (bicyclic) bond motifs is 1. The number of benzene rings is 3. The summed E-state index contributed by atoms with van der Waals surface area (Å²) in [4.78, 5) is 17.9. The molecule has 0 bridgehead atoms. The number of carbonyl (C=O) groups is 1. The number of hydrogen-bond acceptors (Lipinski definition) is 6. The van der Waals surface area contributed by atoms with Gasteiger partial charge in [0, 0.05) is 11.4 Å². The molecule has 4 aromatic rings. The number of aromatic nitrogens is 3. The third-order valence-electron chi connectivity index (χ3n) is 6.10. The molecule has 188 valence electrons. The molecule has 5 rings (SSSR count). The van der Waals surface area contributed by atoms with E-state index in [-0.39, 0.29) is 5.91 Å². The lowest BCUT2D eigenvalue weighted by atomic mass is 9.94.